The van der Waals surface area contributed by atoms with Gasteiger partial charge in [-0.3, -0.25) is 0 Å². The lowest BCUT2D eigenvalue weighted by atomic mass is 10.2. The molecule has 0 fully saturated rings. The molecule has 0 atom stereocenters. The predicted molar refractivity (Wildman–Crippen MR) is 65.1 cm³/mol. The monoisotopic (exact) mass is 251 g/mol. The molecule has 0 amide bonds. The molecule has 0 unspecified atom stereocenters. The summed E-state index contributed by atoms with van der Waals surface area (Å²) in [7, 11) is -3.64. The molecule has 1 heterocycles. The summed E-state index contributed by atoms with van der Waals surface area (Å²) in [6.07, 6.45) is 0. The van der Waals surface area contributed by atoms with Crippen LogP contribution in [0.2, 0.25) is 0 Å². The molecule has 0 aliphatic rings. The third-order valence-electron chi connectivity index (χ3n) is 2.41. The first kappa shape index (κ1) is 11.7. The van der Waals surface area contributed by atoms with E-state index in [-0.39, 0.29) is 10.7 Å². The maximum absolute atomic E-state index is 12.2. The summed E-state index contributed by atoms with van der Waals surface area (Å²) < 4.78 is 25.4. The van der Waals surface area contributed by atoms with E-state index in [0.717, 1.165) is 9.65 Å². The van der Waals surface area contributed by atoms with Crippen LogP contribution in [0.15, 0.2) is 35.2 Å². The maximum Gasteiger partial charge on any atom is 0.283 e. The smallest absolute Gasteiger partial charge is 0.283 e. The molecule has 90 valence electrons. The minimum Gasteiger partial charge on any atom is -0.382 e. The average molecular weight is 251 g/mol. The lowest BCUT2D eigenvalue weighted by Crippen LogP contribution is -2.16. The molecule has 6 heteroatoms. The van der Waals surface area contributed by atoms with Gasteiger partial charge in [0.05, 0.1) is 10.6 Å². The van der Waals surface area contributed by atoms with Crippen molar-refractivity contribution in [3.63, 3.8) is 0 Å². The molecule has 0 aliphatic carbocycles. The Morgan fingerprint density at radius 2 is 1.76 bits per heavy atom. The van der Waals surface area contributed by atoms with E-state index >= 15 is 0 Å². The van der Waals surface area contributed by atoms with Gasteiger partial charge in [-0.2, -0.15) is 12.5 Å². The van der Waals surface area contributed by atoms with Crippen molar-refractivity contribution >= 4 is 15.8 Å². The fourth-order valence-electron chi connectivity index (χ4n) is 1.54. The standard InChI is InChI=1S/C11H13N3O2S/c1-8-3-5-10(6-4-8)17(15,16)14-9(2)7-11(12)13-14/h3-7H,1-2H3,(H2,12,13). The highest BCUT2D eigenvalue weighted by Crippen LogP contribution is 2.17. The Bertz CT molecular complexity index is 642. The SMILES string of the molecule is Cc1ccc(S(=O)(=O)n2nc(N)cc2C)cc1. The van der Waals surface area contributed by atoms with Crippen LogP contribution in [0.1, 0.15) is 11.3 Å². The molecule has 5 nitrogen and oxygen atoms in total. The van der Waals surface area contributed by atoms with Crippen LogP contribution in [0.5, 0.6) is 0 Å². The van der Waals surface area contributed by atoms with Crippen LogP contribution in [0.25, 0.3) is 0 Å². The van der Waals surface area contributed by atoms with E-state index in [4.69, 9.17) is 5.73 Å². The van der Waals surface area contributed by atoms with Gasteiger partial charge < -0.3 is 5.73 Å². The second kappa shape index (κ2) is 3.89. The number of nitrogen functional groups attached to an aromatic ring is 1. The zero-order chi connectivity index (χ0) is 12.6. The van der Waals surface area contributed by atoms with Crippen LogP contribution >= 0.6 is 0 Å². The number of nitrogens with zero attached hydrogens (tertiary/aromatic N) is 2. The van der Waals surface area contributed by atoms with Gasteiger partial charge in [0.25, 0.3) is 10.0 Å². The molecule has 1 aromatic carbocycles. The molecule has 0 spiro atoms. The number of benzene rings is 1. The number of nitrogens with two attached hydrogens (primary N) is 1. The topological polar surface area (TPSA) is 78.0 Å². The second-order valence-corrected chi connectivity index (χ2v) is 5.64. The lowest BCUT2D eigenvalue weighted by Gasteiger charge is -2.06. The van der Waals surface area contributed by atoms with Gasteiger partial charge in [0.15, 0.2) is 0 Å². The Labute approximate surface area is 99.9 Å². The molecule has 0 saturated carbocycles. The zero-order valence-electron chi connectivity index (χ0n) is 9.58. The summed E-state index contributed by atoms with van der Waals surface area (Å²) in [6.45, 7) is 3.54. The maximum atomic E-state index is 12.2. The number of hydrogen-bond acceptors (Lipinski definition) is 4. The molecular weight excluding hydrogens is 238 g/mol. The summed E-state index contributed by atoms with van der Waals surface area (Å²) in [6, 6.07) is 8.12. The van der Waals surface area contributed by atoms with Gasteiger partial charge in [0.1, 0.15) is 5.82 Å². The van der Waals surface area contributed by atoms with E-state index in [1.165, 1.54) is 6.07 Å². The number of hydrogen-bond donors (Lipinski definition) is 1. The fourth-order valence-corrected chi connectivity index (χ4v) is 2.85. The van der Waals surface area contributed by atoms with Gasteiger partial charge in [-0.15, -0.1) is 5.10 Å². The van der Waals surface area contributed by atoms with Crippen molar-refractivity contribution in [2.24, 2.45) is 0 Å². The molecule has 0 radical (unpaired) electrons. The summed E-state index contributed by atoms with van der Waals surface area (Å²) in [5.41, 5.74) is 6.97. The number of anilines is 1. The van der Waals surface area contributed by atoms with Gasteiger partial charge in [0, 0.05) is 6.07 Å². The summed E-state index contributed by atoms with van der Waals surface area (Å²) in [4.78, 5) is 0.203. The van der Waals surface area contributed by atoms with E-state index in [0.29, 0.717) is 5.69 Å². The van der Waals surface area contributed by atoms with Crippen molar-refractivity contribution in [2.45, 2.75) is 18.7 Å². The molecular formula is C11H13N3O2S. The van der Waals surface area contributed by atoms with Crippen LogP contribution in [-0.2, 0) is 10.0 Å². The summed E-state index contributed by atoms with van der Waals surface area (Å²) >= 11 is 0. The number of aryl methyl sites for hydroxylation is 2. The van der Waals surface area contributed by atoms with Crippen LogP contribution in [0, 0.1) is 13.8 Å². The van der Waals surface area contributed by atoms with E-state index < -0.39 is 10.0 Å². The number of aromatic nitrogens is 2. The fraction of sp³-hybridized carbons (Fsp3) is 0.182. The van der Waals surface area contributed by atoms with E-state index in [2.05, 4.69) is 5.10 Å². The lowest BCUT2D eigenvalue weighted by molar-refractivity contribution is 0.578. The average Bonchev–Trinajstić information content (AvgIpc) is 2.59. The Morgan fingerprint density at radius 1 is 1.18 bits per heavy atom. The quantitative estimate of drug-likeness (QED) is 0.873. The van der Waals surface area contributed by atoms with Crippen molar-refractivity contribution in [1.82, 2.24) is 9.19 Å². The Kier molecular flexibility index (Phi) is 2.66. The summed E-state index contributed by atoms with van der Waals surface area (Å²) in [5.74, 6) is 0.193. The minimum absolute atomic E-state index is 0.193. The van der Waals surface area contributed by atoms with Crippen LogP contribution in [0.3, 0.4) is 0 Å². The van der Waals surface area contributed by atoms with Crippen LogP contribution < -0.4 is 5.73 Å². The van der Waals surface area contributed by atoms with Gasteiger partial charge in [-0.25, -0.2) is 0 Å². The molecule has 1 aromatic heterocycles. The molecule has 2 rings (SSSR count). The van der Waals surface area contributed by atoms with E-state index in [9.17, 15) is 8.42 Å². The highest BCUT2D eigenvalue weighted by atomic mass is 32.2. The first-order valence-electron chi connectivity index (χ1n) is 5.05. The molecule has 2 N–H and O–H groups in total. The highest BCUT2D eigenvalue weighted by molar-refractivity contribution is 7.89. The first-order chi connectivity index (χ1) is 7.91. The van der Waals surface area contributed by atoms with E-state index in [1.54, 1.807) is 31.2 Å². The van der Waals surface area contributed by atoms with Crippen molar-refractivity contribution in [1.29, 1.82) is 0 Å². The van der Waals surface area contributed by atoms with Crippen molar-refractivity contribution in [3.05, 3.63) is 41.6 Å². The van der Waals surface area contributed by atoms with Crippen molar-refractivity contribution in [2.75, 3.05) is 5.73 Å². The highest BCUT2D eigenvalue weighted by Gasteiger charge is 2.19. The third-order valence-corrected chi connectivity index (χ3v) is 4.10. The Balaban J connectivity index is 2.57. The summed E-state index contributed by atoms with van der Waals surface area (Å²) in [5, 5.41) is 3.79. The van der Waals surface area contributed by atoms with Gasteiger partial charge >= 0.3 is 0 Å². The number of rotatable bonds is 2. The first-order valence-corrected chi connectivity index (χ1v) is 6.49. The van der Waals surface area contributed by atoms with Crippen LogP contribution in [0.4, 0.5) is 5.82 Å². The van der Waals surface area contributed by atoms with Crippen molar-refractivity contribution < 1.29 is 8.42 Å². The van der Waals surface area contributed by atoms with Gasteiger partial charge in [-0.05, 0) is 26.0 Å². The minimum atomic E-state index is -3.64. The van der Waals surface area contributed by atoms with Gasteiger partial charge in [0.2, 0.25) is 0 Å². The third kappa shape index (κ3) is 2.03. The molecule has 17 heavy (non-hydrogen) atoms. The van der Waals surface area contributed by atoms with E-state index in [1.807, 2.05) is 6.92 Å². The zero-order valence-corrected chi connectivity index (χ0v) is 10.4. The molecule has 0 aliphatic heterocycles. The normalized spacial score (nSPS) is 11.6. The second-order valence-electron chi connectivity index (χ2n) is 3.87. The molecule has 2 aromatic rings. The van der Waals surface area contributed by atoms with Gasteiger partial charge in [-0.1, -0.05) is 17.7 Å². The largest absolute Gasteiger partial charge is 0.382 e. The molecule has 0 saturated heterocycles. The van der Waals surface area contributed by atoms with Crippen LogP contribution in [-0.4, -0.2) is 17.6 Å². The predicted octanol–water partition coefficient (Wildman–Crippen LogP) is 1.32. The molecule has 0 bridgehead atoms. The Hall–Kier alpha value is -1.82. The van der Waals surface area contributed by atoms with Crippen molar-refractivity contribution in [3.8, 4) is 0 Å². The Morgan fingerprint density at radius 3 is 2.24 bits per heavy atom.